The van der Waals surface area contributed by atoms with Gasteiger partial charge < -0.3 is 0 Å². The Morgan fingerprint density at radius 2 is 1.84 bits per heavy atom. The highest BCUT2D eigenvalue weighted by molar-refractivity contribution is 9.10. The van der Waals surface area contributed by atoms with Gasteiger partial charge in [0.05, 0.1) is 5.56 Å². The third kappa shape index (κ3) is 3.39. The van der Waals surface area contributed by atoms with Crippen molar-refractivity contribution in [3.05, 3.63) is 68.7 Å². The third-order valence-corrected chi connectivity index (χ3v) is 3.32. The van der Waals surface area contributed by atoms with E-state index in [0.717, 1.165) is 0 Å². The highest BCUT2D eigenvalue weighted by Gasteiger charge is 2.15. The zero-order valence-electron chi connectivity index (χ0n) is 9.59. The predicted molar refractivity (Wildman–Crippen MR) is 73.5 cm³/mol. The van der Waals surface area contributed by atoms with Crippen LogP contribution in [0.2, 0.25) is 5.02 Å². The van der Waals surface area contributed by atoms with Crippen LogP contribution in [0.25, 0.3) is 0 Å². The Balaban J connectivity index is 2.28. The van der Waals surface area contributed by atoms with Crippen LogP contribution in [0.5, 0.6) is 0 Å². The summed E-state index contributed by atoms with van der Waals surface area (Å²) < 4.78 is 27.6. The van der Waals surface area contributed by atoms with E-state index < -0.39 is 17.4 Å². The Morgan fingerprint density at radius 1 is 1.11 bits per heavy atom. The van der Waals surface area contributed by atoms with Crippen LogP contribution < -0.4 is 0 Å². The molecule has 0 bridgehead atoms. The summed E-state index contributed by atoms with van der Waals surface area (Å²) in [6, 6.07) is 8.07. The number of halogens is 4. The molecule has 0 aliphatic carbocycles. The molecule has 0 aromatic heterocycles. The van der Waals surface area contributed by atoms with Crippen molar-refractivity contribution in [3.63, 3.8) is 0 Å². The van der Waals surface area contributed by atoms with E-state index in [0.29, 0.717) is 9.50 Å². The van der Waals surface area contributed by atoms with E-state index in [4.69, 9.17) is 11.6 Å². The summed E-state index contributed by atoms with van der Waals surface area (Å²) in [5.41, 5.74) is 0.0856. The second-order valence-corrected chi connectivity index (χ2v) is 5.31. The summed E-state index contributed by atoms with van der Waals surface area (Å²) in [4.78, 5) is 11.9. The van der Waals surface area contributed by atoms with Crippen LogP contribution in [0.15, 0.2) is 40.9 Å². The Labute approximate surface area is 122 Å². The molecule has 2 rings (SSSR count). The molecule has 0 radical (unpaired) electrons. The monoisotopic (exact) mass is 344 g/mol. The van der Waals surface area contributed by atoms with Gasteiger partial charge in [0.25, 0.3) is 0 Å². The van der Waals surface area contributed by atoms with E-state index in [9.17, 15) is 13.6 Å². The molecule has 0 N–H and O–H groups in total. The van der Waals surface area contributed by atoms with Crippen molar-refractivity contribution in [1.82, 2.24) is 0 Å². The summed E-state index contributed by atoms with van der Waals surface area (Å²) in [6.07, 6.45) is -0.231. The predicted octanol–water partition coefficient (Wildman–Crippen LogP) is 4.81. The molecule has 1 nitrogen and oxygen atoms in total. The lowest BCUT2D eigenvalue weighted by atomic mass is 10.0. The van der Waals surface area contributed by atoms with Crippen molar-refractivity contribution in [1.29, 1.82) is 0 Å². The SMILES string of the molecule is O=C(Cc1cc(Cl)ccc1F)c1ccc(Br)cc1F. The molecule has 0 heterocycles. The van der Waals surface area contributed by atoms with Crippen molar-refractivity contribution < 1.29 is 13.6 Å². The second-order valence-electron chi connectivity index (χ2n) is 3.96. The Kier molecular flexibility index (Phi) is 4.32. The quantitative estimate of drug-likeness (QED) is 0.730. The number of ketones is 1. The number of rotatable bonds is 3. The summed E-state index contributed by atoms with van der Waals surface area (Å²) in [7, 11) is 0. The van der Waals surface area contributed by atoms with Gasteiger partial charge in [0.1, 0.15) is 11.6 Å². The lowest BCUT2D eigenvalue weighted by Gasteiger charge is -2.05. The number of carbonyl (C=O) groups excluding carboxylic acids is 1. The van der Waals surface area contributed by atoms with Crippen LogP contribution in [0.4, 0.5) is 8.78 Å². The number of carbonyl (C=O) groups is 1. The van der Waals surface area contributed by atoms with E-state index in [1.54, 1.807) is 6.07 Å². The fourth-order valence-electron chi connectivity index (χ4n) is 1.66. The Hall–Kier alpha value is -1.26. The fourth-order valence-corrected chi connectivity index (χ4v) is 2.19. The summed E-state index contributed by atoms with van der Waals surface area (Å²) >= 11 is 8.84. The molecule has 0 unspecified atom stereocenters. The largest absolute Gasteiger partial charge is 0.294 e. The molecule has 2 aromatic carbocycles. The van der Waals surface area contributed by atoms with E-state index in [2.05, 4.69) is 15.9 Å². The molecular formula is C14H8BrClF2O. The van der Waals surface area contributed by atoms with E-state index in [1.165, 1.54) is 30.3 Å². The van der Waals surface area contributed by atoms with Crippen molar-refractivity contribution in [2.24, 2.45) is 0 Å². The van der Waals surface area contributed by atoms with Gasteiger partial charge in [0, 0.05) is 15.9 Å². The first-order valence-electron chi connectivity index (χ1n) is 5.39. The molecule has 0 atom stereocenters. The molecule has 0 saturated heterocycles. The van der Waals surface area contributed by atoms with Gasteiger partial charge in [-0.2, -0.15) is 0 Å². The maximum Gasteiger partial charge on any atom is 0.170 e. The molecule has 0 fully saturated rings. The van der Waals surface area contributed by atoms with Crippen molar-refractivity contribution in [3.8, 4) is 0 Å². The van der Waals surface area contributed by atoms with E-state index >= 15 is 0 Å². The standard InChI is InChI=1S/C14H8BrClF2O/c15-9-1-3-11(13(18)7-9)14(19)6-8-5-10(16)2-4-12(8)17/h1-5,7H,6H2. The van der Waals surface area contributed by atoms with Crippen LogP contribution in [-0.2, 0) is 6.42 Å². The number of hydrogen-bond acceptors (Lipinski definition) is 1. The lowest BCUT2D eigenvalue weighted by Crippen LogP contribution is -2.07. The minimum absolute atomic E-state index is 0.0671. The summed E-state index contributed by atoms with van der Waals surface area (Å²) in [5, 5.41) is 0.334. The van der Waals surface area contributed by atoms with Gasteiger partial charge >= 0.3 is 0 Å². The van der Waals surface area contributed by atoms with Gasteiger partial charge in [-0.1, -0.05) is 27.5 Å². The average molecular weight is 346 g/mol. The number of Topliss-reactive ketones (excluding diaryl/α,β-unsaturated/α-hetero) is 1. The molecule has 0 aliphatic heterocycles. The molecule has 0 amide bonds. The first-order chi connectivity index (χ1) is 8.97. The summed E-state index contributed by atoms with van der Waals surface area (Å²) in [6.45, 7) is 0. The Morgan fingerprint density at radius 3 is 2.53 bits per heavy atom. The van der Waals surface area contributed by atoms with Gasteiger partial charge in [0.15, 0.2) is 5.78 Å². The van der Waals surface area contributed by atoms with Crippen LogP contribution in [0, 0.1) is 11.6 Å². The fraction of sp³-hybridized carbons (Fsp3) is 0.0714. The zero-order valence-corrected chi connectivity index (χ0v) is 11.9. The van der Waals surface area contributed by atoms with Crippen LogP contribution in [0.3, 0.4) is 0 Å². The summed E-state index contributed by atoms with van der Waals surface area (Å²) in [5.74, 6) is -1.66. The van der Waals surface area contributed by atoms with Gasteiger partial charge in [-0.3, -0.25) is 4.79 Å². The lowest BCUT2D eigenvalue weighted by molar-refractivity contribution is 0.0988. The molecule has 2 aromatic rings. The maximum atomic E-state index is 13.6. The molecule has 98 valence electrons. The van der Waals surface area contributed by atoms with Crippen molar-refractivity contribution in [2.75, 3.05) is 0 Å². The second kappa shape index (κ2) is 5.80. The third-order valence-electron chi connectivity index (χ3n) is 2.59. The molecule has 5 heteroatoms. The zero-order chi connectivity index (χ0) is 14.0. The molecule has 19 heavy (non-hydrogen) atoms. The highest BCUT2D eigenvalue weighted by atomic mass is 79.9. The van der Waals surface area contributed by atoms with Gasteiger partial charge in [-0.05, 0) is 42.0 Å². The Bertz CT molecular complexity index is 643. The van der Waals surface area contributed by atoms with E-state index in [-0.39, 0.29) is 17.5 Å². The van der Waals surface area contributed by atoms with Crippen LogP contribution >= 0.6 is 27.5 Å². The minimum atomic E-state index is -0.637. The molecule has 0 saturated carbocycles. The van der Waals surface area contributed by atoms with Crippen molar-refractivity contribution >= 4 is 33.3 Å². The van der Waals surface area contributed by atoms with Crippen LogP contribution in [0.1, 0.15) is 15.9 Å². The average Bonchev–Trinajstić information content (AvgIpc) is 2.33. The maximum absolute atomic E-state index is 13.6. The molecular weight excluding hydrogens is 338 g/mol. The molecule has 0 aliphatic rings. The highest BCUT2D eigenvalue weighted by Crippen LogP contribution is 2.20. The first-order valence-corrected chi connectivity index (χ1v) is 6.56. The smallest absolute Gasteiger partial charge is 0.170 e. The minimum Gasteiger partial charge on any atom is -0.294 e. The van der Waals surface area contributed by atoms with Gasteiger partial charge in [0.2, 0.25) is 0 Å². The van der Waals surface area contributed by atoms with Gasteiger partial charge in [-0.15, -0.1) is 0 Å². The van der Waals surface area contributed by atoms with Crippen LogP contribution in [-0.4, -0.2) is 5.78 Å². The number of hydrogen-bond donors (Lipinski definition) is 0. The molecule has 0 spiro atoms. The topological polar surface area (TPSA) is 17.1 Å². The first kappa shape index (κ1) is 14.2. The van der Waals surface area contributed by atoms with E-state index in [1.807, 2.05) is 0 Å². The van der Waals surface area contributed by atoms with Crippen molar-refractivity contribution in [2.45, 2.75) is 6.42 Å². The normalized spacial score (nSPS) is 10.5. The van der Waals surface area contributed by atoms with Gasteiger partial charge in [-0.25, -0.2) is 8.78 Å². The number of benzene rings is 2.